The van der Waals surface area contributed by atoms with Crippen LogP contribution in [0.3, 0.4) is 0 Å². The number of benzene rings is 1. The molecule has 1 saturated carbocycles. The van der Waals surface area contributed by atoms with Gasteiger partial charge in [-0.2, -0.15) is 0 Å². The zero-order chi connectivity index (χ0) is 13.3. The Morgan fingerprint density at radius 3 is 2.84 bits per heavy atom. The predicted molar refractivity (Wildman–Crippen MR) is 73.5 cm³/mol. The molecule has 0 spiro atoms. The Kier molecular flexibility index (Phi) is 3.31. The highest BCUT2D eigenvalue weighted by Gasteiger charge is 2.58. The van der Waals surface area contributed by atoms with E-state index in [4.69, 9.17) is 4.74 Å². The van der Waals surface area contributed by atoms with Crippen molar-refractivity contribution in [3.05, 3.63) is 35.9 Å². The van der Waals surface area contributed by atoms with Crippen LogP contribution in [0.2, 0.25) is 0 Å². The first-order chi connectivity index (χ1) is 9.24. The fraction of sp³-hybridized carbons (Fsp3) is 0.562. The van der Waals surface area contributed by atoms with Gasteiger partial charge in [-0.3, -0.25) is 9.69 Å². The monoisotopic (exact) mass is 259 g/mol. The van der Waals surface area contributed by atoms with E-state index in [2.05, 4.69) is 29.2 Å². The van der Waals surface area contributed by atoms with Crippen molar-refractivity contribution in [2.45, 2.75) is 26.3 Å². The quantitative estimate of drug-likeness (QED) is 0.778. The van der Waals surface area contributed by atoms with Crippen LogP contribution in [-0.2, 0) is 16.1 Å². The van der Waals surface area contributed by atoms with Gasteiger partial charge in [-0.05, 0) is 31.2 Å². The molecule has 0 radical (unpaired) electrons. The number of ether oxygens (including phenoxy) is 1. The van der Waals surface area contributed by atoms with Gasteiger partial charge in [0.05, 0.1) is 12.0 Å². The lowest BCUT2D eigenvalue weighted by Gasteiger charge is -2.41. The second-order valence-corrected chi connectivity index (χ2v) is 5.77. The Morgan fingerprint density at radius 1 is 1.42 bits per heavy atom. The molecule has 1 saturated heterocycles. The maximum Gasteiger partial charge on any atom is 0.313 e. The third-order valence-electron chi connectivity index (χ3n) is 4.64. The second kappa shape index (κ2) is 4.97. The van der Waals surface area contributed by atoms with Crippen LogP contribution in [-0.4, -0.2) is 30.6 Å². The molecular formula is C16H21NO2. The van der Waals surface area contributed by atoms with Gasteiger partial charge in [-0.1, -0.05) is 30.3 Å². The summed E-state index contributed by atoms with van der Waals surface area (Å²) in [5.74, 6) is 0.539. The highest BCUT2D eigenvalue weighted by atomic mass is 16.5. The van der Waals surface area contributed by atoms with Crippen LogP contribution in [0.25, 0.3) is 0 Å². The van der Waals surface area contributed by atoms with Crippen molar-refractivity contribution in [2.24, 2.45) is 11.3 Å². The molecule has 0 aromatic heterocycles. The van der Waals surface area contributed by atoms with Crippen molar-refractivity contribution in [3.63, 3.8) is 0 Å². The lowest BCUT2D eigenvalue weighted by atomic mass is 9.62. The minimum atomic E-state index is -0.190. The molecule has 1 aliphatic carbocycles. The van der Waals surface area contributed by atoms with E-state index in [9.17, 15) is 4.79 Å². The van der Waals surface area contributed by atoms with E-state index in [0.29, 0.717) is 12.5 Å². The maximum absolute atomic E-state index is 12.2. The zero-order valence-electron chi connectivity index (χ0n) is 11.5. The summed E-state index contributed by atoms with van der Waals surface area (Å²) in [5, 5.41) is 0. The number of hydrogen-bond acceptors (Lipinski definition) is 3. The van der Waals surface area contributed by atoms with Crippen LogP contribution in [0.1, 0.15) is 25.3 Å². The average Bonchev–Trinajstić information content (AvgIpc) is 2.65. The summed E-state index contributed by atoms with van der Waals surface area (Å²) < 4.78 is 5.28. The summed E-state index contributed by atoms with van der Waals surface area (Å²) in [5.41, 5.74) is 1.13. The smallest absolute Gasteiger partial charge is 0.313 e. The number of esters is 1. The SMILES string of the molecule is CCOC(=O)C12CCC1CN(Cc1ccccc1)C2. The second-order valence-electron chi connectivity index (χ2n) is 5.77. The van der Waals surface area contributed by atoms with Gasteiger partial charge in [0.1, 0.15) is 0 Å². The largest absolute Gasteiger partial charge is 0.466 e. The Hall–Kier alpha value is -1.35. The summed E-state index contributed by atoms with van der Waals surface area (Å²) in [6.45, 7) is 5.22. The minimum Gasteiger partial charge on any atom is -0.466 e. The molecule has 0 bridgehead atoms. The van der Waals surface area contributed by atoms with E-state index in [-0.39, 0.29) is 11.4 Å². The van der Waals surface area contributed by atoms with E-state index in [0.717, 1.165) is 26.1 Å². The Morgan fingerprint density at radius 2 is 2.21 bits per heavy atom. The van der Waals surface area contributed by atoms with Crippen LogP contribution in [0, 0.1) is 11.3 Å². The van der Waals surface area contributed by atoms with Crippen molar-refractivity contribution in [1.29, 1.82) is 0 Å². The highest BCUT2D eigenvalue weighted by molar-refractivity contribution is 5.79. The van der Waals surface area contributed by atoms with Gasteiger partial charge in [0.25, 0.3) is 0 Å². The summed E-state index contributed by atoms with van der Waals surface area (Å²) in [7, 11) is 0. The first-order valence-corrected chi connectivity index (χ1v) is 7.18. The minimum absolute atomic E-state index is 0.0295. The zero-order valence-corrected chi connectivity index (χ0v) is 11.5. The normalized spacial score (nSPS) is 29.6. The number of nitrogens with zero attached hydrogens (tertiary/aromatic N) is 1. The third kappa shape index (κ3) is 2.16. The number of carbonyl (C=O) groups excluding carboxylic acids is 1. The fourth-order valence-electron chi connectivity index (χ4n) is 3.52. The molecule has 3 nitrogen and oxygen atoms in total. The number of rotatable bonds is 4. The number of likely N-dealkylation sites (tertiary alicyclic amines) is 1. The standard InChI is InChI=1S/C16H21NO2/c1-2-19-15(18)16-9-8-14(16)11-17(12-16)10-13-6-4-3-5-7-13/h3-7,14H,2,8-12H2,1H3. The van der Waals surface area contributed by atoms with Crippen molar-refractivity contribution < 1.29 is 9.53 Å². The molecular weight excluding hydrogens is 238 g/mol. The first-order valence-electron chi connectivity index (χ1n) is 7.18. The van der Waals surface area contributed by atoms with Crippen molar-refractivity contribution in [1.82, 2.24) is 4.90 Å². The van der Waals surface area contributed by atoms with E-state index in [1.165, 1.54) is 12.0 Å². The van der Waals surface area contributed by atoms with Gasteiger partial charge in [-0.15, -0.1) is 0 Å². The van der Waals surface area contributed by atoms with Gasteiger partial charge >= 0.3 is 5.97 Å². The van der Waals surface area contributed by atoms with Crippen molar-refractivity contribution in [2.75, 3.05) is 19.7 Å². The summed E-state index contributed by atoms with van der Waals surface area (Å²) in [6, 6.07) is 10.5. The van der Waals surface area contributed by atoms with Crippen LogP contribution < -0.4 is 0 Å². The molecule has 1 aromatic carbocycles. The fourth-order valence-corrected chi connectivity index (χ4v) is 3.52. The average molecular weight is 259 g/mol. The summed E-state index contributed by atoms with van der Waals surface area (Å²) >= 11 is 0. The van der Waals surface area contributed by atoms with E-state index in [1.807, 2.05) is 13.0 Å². The summed E-state index contributed by atoms with van der Waals surface area (Å²) in [4.78, 5) is 14.6. The Balaban J connectivity index is 1.67. The first kappa shape index (κ1) is 12.7. The molecule has 2 unspecified atom stereocenters. The number of carbonyl (C=O) groups is 1. The molecule has 3 rings (SSSR count). The van der Waals surface area contributed by atoms with Gasteiger partial charge in [-0.25, -0.2) is 0 Å². The Bertz CT molecular complexity index is 459. The van der Waals surface area contributed by atoms with Crippen molar-refractivity contribution in [3.8, 4) is 0 Å². The van der Waals surface area contributed by atoms with Gasteiger partial charge in [0.15, 0.2) is 0 Å². The molecule has 2 aliphatic rings. The lowest BCUT2D eigenvalue weighted by molar-refractivity contribution is -0.163. The molecule has 0 N–H and O–H groups in total. The van der Waals surface area contributed by atoms with Gasteiger partial charge < -0.3 is 4.74 Å². The van der Waals surface area contributed by atoms with E-state index < -0.39 is 0 Å². The summed E-state index contributed by atoms with van der Waals surface area (Å²) in [6.07, 6.45) is 2.17. The maximum atomic E-state index is 12.2. The molecule has 3 heteroatoms. The van der Waals surface area contributed by atoms with E-state index in [1.54, 1.807) is 0 Å². The molecule has 19 heavy (non-hydrogen) atoms. The molecule has 102 valence electrons. The van der Waals surface area contributed by atoms with Gasteiger partial charge in [0, 0.05) is 19.6 Å². The topological polar surface area (TPSA) is 29.5 Å². The molecule has 2 atom stereocenters. The molecule has 1 aliphatic heterocycles. The van der Waals surface area contributed by atoms with Crippen molar-refractivity contribution >= 4 is 5.97 Å². The third-order valence-corrected chi connectivity index (χ3v) is 4.64. The van der Waals surface area contributed by atoms with Crippen LogP contribution in [0.5, 0.6) is 0 Å². The van der Waals surface area contributed by atoms with Crippen LogP contribution >= 0.6 is 0 Å². The lowest BCUT2D eigenvalue weighted by Crippen LogP contribution is -2.47. The van der Waals surface area contributed by atoms with Crippen LogP contribution in [0.4, 0.5) is 0 Å². The Labute approximate surface area is 114 Å². The molecule has 2 fully saturated rings. The molecule has 1 aromatic rings. The highest BCUT2D eigenvalue weighted by Crippen LogP contribution is 2.52. The van der Waals surface area contributed by atoms with Crippen LogP contribution in [0.15, 0.2) is 30.3 Å². The number of hydrogen-bond donors (Lipinski definition) is 0. The van der Waals surface area contributed by atoms with Gasteiger partial charge in [0.2, 0.25) is 0 Å². The van der Waals surface area contributed by atoms with E-state index >= 15 is 0 Å². The predicted octanol–water partition coefficient (Wildman–Crippen LogP) is 2.46. The molecule has 0 amide bonds. The molecule has 1 heterocycles. The number of fused-ring (bicyclic) bond motifs is 1.